The van der Waals surface area contributed by atoms with E-state index in [0.29, 0.717) is 6.04 Å². The Balaban J connectivity index is 0.00000264. The Bertz CT molecular complexity index is 340. The topological polar surface area (TPSA) is 39.7 Å². The summed E-state index contributed by atoms with van der Waals surface area (Å²) in [6.07, 6.45) is 9.33. The first kappa shape index (κ1) is 21.0. The van der Waals surface area contributed by atoms with Crippen molar-refractivity contribution in [1.29, 1.82) is 0 Å². The van der Waals surface area contributed by atoms with Gasteiger partial charge in [-0.1, -0.05) is 26.7 Å². The lowest BCUT2D eigenvalue weighted by Crippen LogP contribution is -2.45. The van der Waals surface area contributed by atoms with Gasteiger partial charge < -0.3 is 15.5 Å². The van der Waals surface area contributed by atoms with Gasteiger partial charge in [-0.3, -0.25) is 4.99 Å². The first-order valence-electron chi connectivity index (χ1n) is 9.40. The highest BCUT2D eigenvalue weighted by Crippen LogP contribution is 2.23. The molecule has 0 aromatic carbocycles. The number of likely N-dealkylation sites (tertiary alicyclic amines) is 1. The first-order valence-corrected chi connectivity index (χ1v) is 9.40. The summed E-state index contributed by atoms with van der Waals surface area (Å²) in [4.78, 5) is 6.97. The summed E-state index contributed by atoms with van der Waals surface area (Å²) in [5.41, 5.74) is 0. The average Bonchev–Trinajstić information content (AvgIpc) is 2.54. The van der Waals surface area contributed by atoms with E-state index in [1.807, 2.05) is 7.05 Å². The quantitative estimate of drug-likeness (QED) is 0.394. The summed E-state index contributed by atoms with van der Waals surface area (Å²) in [6, 6.07) is 0.614. The molecular weight excluding hydrogens is 399 g/mol. The maximum absolute atomic E-state index is 4.40. The largest absolute Gasteiger partial charge is 0.356 e. The predicted molar refractivity (Wildman–Crippen MR) is 111 cm³/mol. The zero-order valence-electron chi connectivity index (χ0n) is 15.3. The van der Waals surface area contributed by atoms with Crippen molar-refractivity contribution in [2.75, 3.05) is 33.2 Å². The molecule has 0 bridgehead atoms. The number of nitrogens with one attached hydrogen (secondary N) is 2. The molecule has 0 radical (unpaired) electrons. The second kappa shape index (κ2) is 11.5. The van der Waals surface area contributed by atoms with Gasteiger partial charge in [0, 0.05) is 19.6 Å². The fourth-order valence-corrected chi connectivity index (χ4v) is 3.94. The molecule has 0 amide bonds. The Labute approximate surface area is 160 Å². The average molecular weight is 436 g/mol. The van der Waals surface area contributed by atoms with Crippen molar-refractivity contribution in [3.8, 4) is 0 Å². The van der Waals surface area contributed by atoms with Crippen molar-refractivity contribution >= 4 is 29.9 Å². The van der Waals surface area contributed by atoms with Crippen LogP contribution in [0, 0.1) is 11.8 Å². The van der Waals surface area contributed by atoms with E-state index in [4.69, 9.17) is 0 Å². The van der Waals surface area contributed by atoms with Crippen molar-refractivity contribution in [1.82, 2.24) is 15.5 Å². The van der Waals surface area contributed by atoms with Crippen molar-refractivity contribution in [2.45, 2.75) is 64.8 Å². The number of aliphatic imine (C=N–C) groups is 1. The van der Waals surface area contributed by atoms with E-state index in [-0.39, 0.29) is 24.0 Å². The number of hydrogen-bond donors (Lipinski definition) is 2. The summed E-state index contributed by atoms with van der Waals surface area (Å²) in [5.74, 6) is 2.75. The second-order valence-electron chi connectivity index (χ2n) is 7.28. The number of nitrogens with zero attached hydrogens (tertiary/aromatic N) is 2. The van der Waals surface area contributed by atoms with Gasteiger partial charge in [0.2, 0.25) is 0 Å². The molecule has 1 aliphatic heterocycles. The number of rotatable bonds is 5. The standard InChI is InChI=1S/C18H36N4.HI/c1-4-22-12-9-16(10-13-22)8-11-20-18(19-3)21-17-7-5-6-15(2)14-17;/h15-17H,4-14H2,1-3H3,(H2,19,20,21);1H. The maximum Gasteiger partial charge on any atom is 0.191 e. The Morgan fingerprint density at radius 2 is 1.91 bits per heavy atom. The number of piperidine rings is 1. The normalized spacial score (nSPS) is 27.3. The van der Waals surface area contributed by atoms with Crippen molar-refractivity contribution < 1.29 is 0 Å². The van der Waals surface area contributed by atoms with Crippen LogP contribution in [0.25, 0.3) is 0 Å². The fraction of sp³-hybridized carbons (Fsp3) is 0.944. The van der Waals surface area contributed by atoms with E-state index in [9.17, 15) is 0 Å². The van der Waals surface area contributed by atoms with Crippen LogP contribution in [0.2, 0.25) is 0 Å². The van der Waals surface area contributed by atoms with Crippen molar-refractivity contribution in [3.05, 3.63) is 0 Å². The predicted octanol–water partition coefficient (Wildman–Crippen LogP) is 3.47. The van der Waals surface area contributed by atoms with Crippen LogP contribution in [0.4, 0.5) is 0 Å². The number of hydrogen-bond acceptors (Lipinski definition) is 2. The van der Waals surface area contributed by atoms with E-state index >= 15 is 0 Å². The highest BCUT2D eigenvalue weighted by Gasteiger charge is 2.20. The number of halogens is 1. The maximum atomic E-state index is 4.40. The second-order valence-corrected chi connectivity index (χ2v) is 7.28. The zero-order valence-corrected chi connectivity index (χ0v) is 17.6. The van der Waals surface area contributed by atoms with Gasteiger partial charge in [-0.25, -0.2) is 0 Å². The molecule has 23 heavy (non-hydrogen) atoms. The van der Waals surface area contributed by atoms with Crippen LogP contribution in [0.15, 0.2) is 4.99 Å². The van der Waals surface area contributed by atoms with Crippen LogP contribution in [0.3, 0.4) is 0 Å². The fourth-order valence-electron chi connectivity index (χ4n) is 3.94. The van der Waals surface area contributed by atoms with Crippen molar-refractivity contribution in [3.63, 3.8) is 0 Å². The van der Waals surface area contributed by atoms with Gasteiger partial charge in [-0.15, -0.1) is 24.0 Å². The molecule has 2 atom stereocenters. The Kier molecular flexibility index (Phi) is 10.5. The third kappa shape index (κ3) is 7.59. The molecule has 1 heterocycles. The molecule has 2 aliphatic rings. The van der Waals surface area contributed by atoms with Crippen LogP contribution in [-0.2, 0) is 0 Å². The monoisotopic (exact) mass is 436 g/mol. The molecule has 0 aromatic heterocycles. The first-order chi connectivity index (χ1) is 10.7. The Morgan fingerprint density at radius 3 is 2.52 bits per heavy atom. The van der Waals surface area contributed by atoms with E-state index in [1.165, 1.54) is 64.6 Å². The molecule has 0 spiro atoms. The molecule has 1 aliphatic carbocycles. The van der Waals surface area contributed by atoms with Gasteiger partial charge in [0.05, 0.1) is 0 Å². The molecule has 5 heteroatoms. The Morgan fingerprint density at radius 1 is 1.17 bits per heavy atom. The minimum Gasteiger partial charge on any atom is -0.356 e. The lowest BCUT2D eigenvalue weighted by Gasteiger charge is -2.31. The Hall–Kier alpha value is -0.0400. The molecule has 1 saturated heterocycles. The van der Waals surface area contributed by atoms with Crippen LogP contribution in [0.1, 0.15) is 58.8 Å². The third-order valence-electron chi connectivity index (χ3n) is 5.50. The van der Waals surface area contributed by atoms with Crippen LogP contribution in [0.5, 0.6) is 0 Å². The smallest absolute Gasteiger partial charge is 0.191 e. The molecule has 2 rings (SSSR count). The van der Waals surface area contributed by atoms with E-state index in [0.717, 1.165) is 24.3 Å². The van der Waals surface area contributed by atoms with Crippen LogP contribution >= 0.6 is 24.0 Å². The minimum atomic E-state index is 0. The van der Waals surface area contributed by atoms with E-state index < -0.39 is 0 Å². The summed E-state index contributed by atoms with van der Waals surface area (Å²) in [5, 5.41) is 7.15. The highest BCUT2D eigenvalue weighted by atomic mass is 127. The molecule has 2 fully saturated rings. The molecule has 136 valence electrons. The summed E-state index contributed by atoms with van der Waals surface area (Å²) >= 11 is 0. The van der Waals surface area contributed by atoms with Crippen LogP contribution < -0.4 is 10.6 Å². The summed E-state index contributed by atoms with van der Waals surface area (Å²) < 4.78 is 0. The molecule has 2 unspecified atom stereocenters. The molecule has 2 N–H and O–H groups in total. The molecule has 1 saturated carbocycles. The highest BCUT2D eigenvalue weighted by molar-refractivity contribution is 14.0. The SMILES string of the molecule is CCN1CCC(CCNC(=NC)NC2CCCC(C)C2)CC1.I. The summed E-state index contributed by atoms with van der Waals surface area (Å²) in [6.45, 7) is 9.47. The molecular formula is C18H37IN4. The van der Waals surface area contributed by atoms with Crippen molar-refractivity contribution in [2.24, 2.45) is 16.8 Å². The minimum absolute atomic E-state index is 0. The van der Waals surface area contributed by atoms with Gasteiger partial charge in [-0.05, 0) is 63.6 Å². The van der Waals surface area contributed by atoms with Gasteiger partial charge >= 0.3 is 0 Å². The lowest BCUT2D eigenvalue weighted by molar-refractivity contribution is 0.187. The molecule has 0 aromatic rings. The van der Waals surface area contributed by atoms with Gasteiger partial charge in [0.15, 0.2) is 5.96 Å². The molecule has 4 nitrogen and oxygen atoms in total. The summed E-state index contributed by atoms with van der Waals surface area (Å²) in [7, 11) is 1.89. The number of guanidine groups is 1. The van der Waals surface area contributed by atoms with Gasteiger partial charge in [-0.2, -0.15) is 0 Å². The van der Waals surface area contributed by atoms with E-state index in [2.05, 4.69) is 34.4 Å². The lowest BCUT2D eigenvalue weighted by atomic mass is 9.87. The van der Waals surface area contributed by atoms with Gasteiger partial charge in [0.1, 0.15) is 0 Å². The van der Waals surface area contributed by atoms with E-state index in [1.54, 1.807) is 0 Å². The zero-order chi connectivity index (χ0) is 15.8. The third-order valence-corrected chi connectivity index (χ3v) is 5.50. The van der Waals surface area contributed by atoms with Crippen LogP contribution in [-0.4, -0.2) is 50.1 Å². The van der Waals surface area contributed by atoms with Gasteiger partial charge in [0.25, 0.3) is 0 Å².